The second-order valence-corrected chi connectivity index (χ2v) is 3.26. The number of nitrogens with one attached hydrogen (secondary N) is 3. The van der Waals surface area contributed by atoms with E-state index in [9.17, 15) is 18.0 Å². The summed E-state index contributed by atoms with van der Waals surface area (Å²) in [6.07, 6.45) is -4.90. The van der Waals surface area contributed by atoms with E-state index >= 15 is 0 Å². The van der Waals surface area contributed by atoms with Crippen LogP contribution in [-0.4, -0.2) is 41.7 Å². The average molecular weight is 242 g/mol. The number of rotatable bonds is 2. The predicted octanol–water partition coefficient (Wildman–Crippen LogP) is -0.683. The maximum atomic E-state index is 11.8. The highest BCUT2D eigenvalue weighted by atomic mass is 32.1. The zero-order chi connectivity index (χ0) is 11.5. The number of thiocarbonyl (C=S) groups is 1. The van der Waals surface area contributed by atoms with Gasteiger partial charge in [-0.1, -0.05) is 12.2 Å². The van der Waals surface area contributed by atoms with Crippen LogP contribution in [0.5, 0.6) is 0 Å². The second kappa shape index (κ2) is 4.73. The Balaban J connectivity index is 2.36. The summed E-state index contributed by atoms with van der Waals surface area (Å²) in [4.78, 5) is 10.8. The number of hydrogen-bond acceptors (Lipinski definition) is 4. The van der Waals surface area contributed by atoms with E-state index in [4.69, 9.17) is 12.2 Å². The molecule has 0 saturated carbocycles. The summed E-state index contributed by atoms with van der Waals surface area (Å²) in [5.41, 5.74) is 3.63. The number of piperazine rings is 1. The first-order chi connectivity index (χ1) is 6.91. The van der Waals surface area contributed by atoms with Crippen molar-refractivity contribution in [2.24, 2.45) is 0 Å². The van der Waals surface area contributed by atoms with E-state index in [1.807, 2.05) is 0 Å². The number of amides is 1. The highest BCUT2D eigenvalue weighted by Gasteiger charge is 2.39. The third kappa shape index (κ3) is 3.61. The van der Waals surface area contributed by atoms with Gasteiger partial charge in [0, 0.05) is 19.6 Å². The zero-order valence-corrected chi connectivity index (χ0v) is 8.34. The molecule has 1 rings (SSSR count). The number of nitrogens with zero attached hydrogens (tertiary/aromatic N) is 1. The zero-order valence-electron chi connectivity index (χ0n) is 7.52. The van der Waals surface area contributed by atoms with Crippen molar-refractivity contribution in [2.75, 3.05) is 19.6 Å². The van der Waals surface area contributed by atoms with Crippen LogP contribution in [-0.2, 0) is 4.79 Å². The van der Waals surface area contributed by atoms with E-state index in [1.165, 1.54) is 10.4 Å². The summed E-state index contributed by atoms with van der Waals surface area (Å²) >= 11 is 4.84. The number of hydrazine groups is 2. The molecule has 0 spiro atoms. The van der Waals surface area contributed by atoms with E-state index in [0.29, 0.717) is 24.6 Å². The lowest BCUT2D eigenvalue weighted by Crippen LogP contribution is -2.60. The lowest BCUT2D eigenvalue weighted by Gasteiger charge is -2.30. The van der Waals surface area contributed by atoms with Crippen molar-refractivity contribution in [1.29, 1.82) is 0 Å². The number of halogens is 3. The Morgan fingerprint density at radius 2 is 2.20 bits per heavy atom. The summed E-state index contributed by atoms with van der Waals surface area (Å²) in [6, 6.07) is 0. The molecule has 1 fully saturated rings. The molecule has 0 atom stereocenters. The third-order valence-corrected chi connectivity index (χ3v) is 2.02. The van der Waals surface area contributed by atoms with Crippen molar-refractivity contribution in [3.63, 3.8) is 0 Å². The van der Waals surface area contributed by atoms with Gasteiger partial charge in [-0.3, -0.25) is 15.2 Å². The van der Waals surface area contributed by atoms with Gasteiger partial charge in [0.15, 0.2) is 0 Å². The van der Waals surface area contributed by atoms with Gasteiger partial charge in [0.2, 0.25) is 0 Å². The lowest BCUT2D eigenvalue weighted by molar-refractivity contribution is -0.175. The van der Waals surface area contributed by atoms with Gasteiger partial charge >= 0.3 is 12.1 Å². The minimum absolute atomic E-state index is 0.386. The molecule has 9 heteroatoms. The smallest absolute Gasteiger partial charge is 0.309 e. The van der Waals surface area contributed by atoms with Gasteiger partial charge in [-0.05, 0) is 0 Å². The molecule has 3 N–H and O–H groups in total. The first kappa shape index (κ1) is 12.1. The Morgan fingerprint density at radius 3 is 2.73 bits per heavy atom. The van der Waals surface area contributed by atoms with Crippen LogP contribution in [0.15, 0.2) is 0 Å². The predicted molar refractivity (Wildman–Crippen MR) is 49.5 cm³/mol. The van der Waals surface area contributed by atoms with Crippen LogP contribution in [0.2, 0.25) is 0 Å². The SMILES string of the molecule is O=C(NNN1CCNCC1=S)C(F)(F)F. The minimum atomic E-state index is -4.90. The quantitative estimate of drug-likeness (QED) is 0.442. The standard InChI is InChI=1S/C6H9F3N4OS/c7-6(8,9)5(14)11-12-13-2-1-10-3-4(13)15/h10,12H,1-3H2,(H,11,14). The molecule has 1 amide bonds. The maximum Gasteiger partial charge on any atom is 0.472 e. The van der Waals surface area contributed by atoms with Gasteiger partial charge in [0.25, 0.3) is 0 Å². The van der Waals surface area contributed by atoms with Crippen LogP contribution in [0.25, 0.3) is 0 Å². The molecule has 1 saturated heterocycles. The van der Waals surface area contributed by atoms with Gasteiger partial charge in [-0.25, -0.2) is 0 Å². The Hall–Kier alpha value is -0.930. The summed E-state index contributed by atoms with van der Waals surface area (Å²) in [6.45, 7) is 1.36. The number of carbonyl (C=O) groups is 1. The summed E-state index contributed by atoms with van der Waals surface area (Å²) < 4.78 is 35.4. The van der Waals surface area contributed by atoms with E-state index in [-0.39, 0.29) is 0 Å². The van der Waals surface area contributed by atoms with Crippen LogP contribution in [0, 0.1) is 0 Å². The Morgan fingerprint density at radius 1 is 1.53 bits per heavy atom. The first-order valence-electron chi connectivity index (χ1n) is 4.05. The normalized spacial score (nSPS) is 17.8. The van der Waals surface area contributed by atoms with Crippen LogP contribution in [0.4, 0.5) is 13.2 Å². The fourth-order valence-electron chi connectivity index (χ4n) is 0.914. The van der Waals surface area contributed by atoms with E-state index < -0.39 is 12.1 Å². The molecule has 0 unspecified atom stereocenters. The topological polar surface area (TPSA) is 56.4 Å². The van der Waals surface area contributed by atoms with Crippen molar-refractivity contribution in [2.45, 2.75) is 6.18 Å². The molecule has 0 aromatic heterocycles. The van der Waals surface area contributed by atoms with Crippen LogP contribution >= 0.6 is 12.2 Å². The molecule has 0 aliphatic carbocycles. The van der Waals surface area contributed by atoms with Crippen molar-refractivity contribution in [3.8, 4) is 0 Å². The summed E-state index contributed by atoms with van der Waals surface area (Å²) in [7, 11) is 0. The van der Waals surface area contributed by atoms with Gasteiger partial charge in [-0.15, -0.1) is 5.53 Å². The van der Waals surface area contributed by atoms with Crippen molar-refractivity contribution in [1.82, 2.24) is 21.3 Å². The van der Waals surface area contributed by atoms with E-state index in [1.54, 1.807) is 0 Å². The molecule has 0 aromatic carbocycles. The molecule has 5 nitrogen and oxygen atoms in total. The molecule has 1 heterocycles. The molecular formula is C6H9F3N4OS. The molecule has 0 bridgehead atoms. The highest BCUT2D eigenvalue weighted by Crippen LogP contribution is 2.13. The summed E-state index contributed by atoms with van der Waals surface area (Å²) in [5, 5.41) is 4.20. The van der Waals surface area contributed by atoms with Crippen molar-refractivity contribution in [3.05, 3.63) is 0 Å². The molecule has 0 radical (unpaired) electrons. The van der Waals surface area contributed by atoms with E-state index in [0.717, 1.165) is 0 Å². The van der Waals surface area contributed by atoms with Gasteiger partial charge < -0.3 is 5.32 Å². The Labute approximate surface area is 88.9 Å². The fraction of sp³-hybridized carbons (Fsp3) is 0.667. The molecule has 15 heavy (non-hydrogen) atoms. The fourth-order valence-corrected chi connectivity index (χ4v) is 1.15. The Kier molecular flexibility index (Phi) is 3.83. The molecule has 1 aliphatic rings. The molecule has 86 valence electrons. The maximum absolute atomic E-state index is 11.8. The summed E-state index contributed by atoms with van der Waals surface area (Å²) in [5.74, 6) is -2.05. The van der Waals surface area contributed by atoms with Crippen LogP contribution in [0.3, 0.4) is 0 Å². The minimum Gasteiger partial charge on any atom is -0.309 e. The van der Waals surface area contributed by atoms with Gasteiger partial charge in [0.05, 0.1) is 0 Å². The first-order valence-corrected chi connectivity index (χ1v) is 4.46. The van der Waals surface area contributed by atoms with E-state index in [2.05, 4.69) is 10.9 Å². The largest absolute Gasteiger partial charge is 0.472 e. The number of alkyl halides is 3. The van der Waals surface area contributed by atoms with Gasteiger partial charge in [0.1, 0.15) is 4.99 Å². The average Bonchev–Trinajstić information content (AvgIpc) is 2.14. The van der Waals surface area contributed by atoms with Crippen molar-refractivity contribution >= 4 is 23.1 Å². The lowest BCUT2D eigenvalue weighted by atomic mass is 10.4. The third-order valence-electron chi connectivity index (χ3n) is 1.65. The Bertz CT molecular complexity index is 270. The molecule has 1 aliphatic heterocycles. The highest BCUT2D eigenvalue weighted by molar-refractivity contribution is 7.80. The van der Waals surface area contributed by atoms with Crippen molar-refractivity contribution < 1.29 is 18.0 Å². The monoisotopic (exact) mass is 242 g/mol. The van der Waals surface area contributed by atoms with Crippen LogP contribution in [0.1, 0.15) is 0 Å². The van der Waals surface area contributed by atoms with Gasteiger partial charge in [-0.2, -0.15) is 13.2 Å². The number of carbonyl (C=O) groups excluding carboxylic acids is 1. The molecule has 0 aromatic rings. The number of hydrogen-bond donors (Lipinski definition) is 3. The van der Waals surface area contributed by atoms with Crippen LogP contribution < -0.4 is 16.3 Å². The second-order valence-electron chi connectivity index (χ2n) is 2.79. The molecular weight excluding hydrogens is 233 g/mol.